The lowest BCUT2D eigenvalue weighted by atomic mass is 10.0. The van der Waals surface area contributed by atoms with Gasteiger partial charge in [0.15, 0.2) is 0 Å². The maximum Gasteiger partial charge on any atom is 0.336 e. The second-order valence-electron chi connectivity index (χ2n) is 5.17. The molecule has 0 spiro atoms. The number of hydrogen-bond donors (Lipinski definition) is 2. The number of nitro groups is 1. The number of ether oxygens (including phenoxy) is 1. The minimum atomic E-state index is -1.21. The molecule has 0 heterocycles. The van der Waals surface area contributed by atoms with Crippen LogP contribution in [0.15, 0.2) is 12.1 Å². The van der Waals surface area contributed by atoms with E-state index in [1.54, 1.807) is 14.0 Å². The van der Waals surface area contributed by atoms with Crippen LogP contribution in [0, 0.1) is 17.0 Å². The van der Waals surface area contributed by atoms with Crippen LogP contribution in [0.2, 0.25) is 0 Å². The molecule has 0 amide bonds. The van der Waals surface area contributed by atoms with Crippen molar-refractivity contribution in [1.29, 1.82) is 0 Å². The van der Waals surface area contributed by atoms with E-state index in [2.05, 4.69) is 5.32 Å². The summed E-state index contributed by atoms with van der Waals surface area (Å²) in [6.45, 7) is 5.66. The first kappa shape index (κ1) is 15.9. The first-order chi connectivity index (χ1) is 9.18. The normalized spacial score (nSPS) is 11.2. The molecule has 7 heteroatoms. The number of nitrogens with zero attached hydrogens (tertiary/aromatic N) is 1. The van der Waals surface area contributed by atoms with Crippen LogP contribution in [-0.2, 0) is 4.74 Å². The predicted octanol–water partition coefficient (Wildman–Crippen LogP) is 2.44. The van der Waals surface area contributed by atoms with E-state index in [9.17, 15) is 14.9 Å². The average Bonchev–Trinajstić information content (AvgIpc) is 2.30. The Morgan fingerprint density at radius 3 is 2.55 bits per heavy atom. The molecule has 0 aliphatic rings. The molecule has 0 atom stereocenters. The summed E-state index contributed by atoms with van der Waals surface area (Å²) in [5.41, 5.74) is -0.0220. The van der Waals surface area contributed by atoms with Gasteiger partial charge in [-0.25, -0.2) is 4.79 Å². The summed E-state index contributed by atoms with van der Waals surface area (Å²) in [5, 5.41) is 23.1. The van der Waals surface area contributed by atoms with E-state index < -0.39 is 16.4 Å². The van der Waals surface area contributed by atoms with Crippen molar-refractivity contribution in [2.75, 3.05) is 19.0 Å². The van der Waals surface area contributed by atoms with Crippen molar-refractivity contribution in [1.82, 2.24) is 0 Å². The number of benzene rings is 1. The summed E-state index contributed by atoms with van der Waals surface area (Å²) in [7, 11) is 1.55. The molecule has 2 N–H and O–H groups in total. The van der Waals surface area contributed by atoms with Crippen molar-refractivity contribution in [2.45, 2.75) is 26.3 Å². The van der Waals surface area contributed by atoms with Gasteiger partial charge in [-0.1, -0.05) is 0 Å². The lowest BCUT2D eigenvalue weighted by Gasteiger charge is -2.27. The molecule has 0 aromatic heterocycles. The molecular formula is C13H18N2O5. The number of carboxylic acids is 1. The standard InChI is InChI=1S/C13H18N2O5/c1-8-10(14-13(2,3)7-20-4)5-9(12(16)17)6-11(8)15(18)19/h5-6,14H,7H2,1-4H3,(H,16,17). The third kappa shape index (κ3) is 3.67. The molecule has 1 aromatic rings. The van der Waals surface area contributed by atoms with E-state index in [0.717, 1.165) is 6.07 Å². The van der Waals surface area contributed by atoms with E-state index in [0.29, 0.717) is 17.9 Å². The van der Waals surface area contributed by atoms with Gasteiger partial charge in [0.05, 0.1) is 22.6 Å². The van der Waals surface area contributed by atoms with Gasteiger partial charge >= 0.3 is 5.97 Å². The van der Waals surface area contributed by atoms with Crippen molar-refractivity contribution >= 4 is 17.3 Å². The summed E-state index contributed by atoms with van der Waals surface area (Å²) in [5.74, 6) is -1.21. The third-order valence-corrected chi connectivity index (χ3v) is 2.80. The molecule has 0 radical (unpaired) electrons. The van der Waals surface area contributed by atoms with Crippen LogP contribution in [-0.4, -0.2) is 35.3 Å². The highest BCUT2D eigenvalue weighted by molar-refractivity contribution is 5.90. The second-order valence-corrected chi connectivity index (χ2v) is 5.17. The minimum absolute atomic E-state index is 0.127. The number of rotatable bonds is 6. The van der Waals surface area contributed by atoms with E-state index >= 15 is 0 Å². The molecule has 1 rings (SSSR count). The van der Waals surface area contributed by atoms with Crippen LogP contribution in [0.4, 0.5) is 11.4 Å². The lowest BCUT2D eigenvalue weighted by molar-refractivity contribution is -0.385. The van der Waals surface area contributed by atoms with Crippen molar-refractivity contribution in [3.63, 3.8) is 0 Å². The molecule has 20 heavy (non-hydrogen) atoms. The zero-order valence-electron chi connectivity index (χ0n) is 11.9. The molecule has 0 saturated heterocycles. The van der Waals surface area contributed by atoms with Crippen molar-refractivity contribution in [3.8, 4) is 0 Å². The van der Waals surface area contributed by atoms with Gasteiger partial charge in [0, 0.05) is 24.4 Å². The highest BCUT2D eigenvalue weighted by Gasteiger charge is 2.23. The van der Waals surface area contributed by atoms with E-state index in [-0.39, 0.29) is 11.3 Å². The van der Waals surface area contributed by atoms with Crippen molar-refractivity contribution in [2.24, 2.45) is 0 Å². The lowest BCUT2D eigenvalue weighted by Crippen LogP contribution is -2.36. The molecule has 0 bridgehead atoms. The van der Waals surface area contributed by atoms with Crippen molar-refractivity contribution < 1.29 is 19.6 Å². The molecule has 7 nitrogen and oxygen atoms in total. The maximum atomic E-state index is 11.1. The van der Waals surface area contributed by atoms with Crippen LogP contribution < -0.4 is 5.32 Å². The number of nitro benzene ring substituents is 1. The third-order valence-electron chi connectivity index (χ3n) is 2.80. The van der Waals surface area contributed by atoms with Gasteiger partial charge in [-0.05, 0) is 26.8 Å². The Morgan fingerprint density at radius 1 is 1.50 bits per heavy atom. The number of nitrogens with one attached hydrogen (secondary N) is 1. The van der Waals surface area contributed by atoms with Gasteiger partial charge < -0.3 is 15.2 Å². The van der Waals surface area contributed by atoms with Crippen LogP contribution in [0.5, 0.6) is 0 Å². The van der Waals surface area contributed by atoms with Gasteiger partial charge in [-0.3, -0.25) is 10.1 Å². The molecular weight excluding hydrogens is 264 g/mol. The fourth-order valence-corrected chi connectivity index (χ4v) is 1.90. The minimum Gasteiger partial charge on any atom is -0.478 e. The molecule has 1 aromatic carbocycles. The Morgan fingerprint density at radius 2 is 2.10 bits per heavy atom. The molecule has 0 aliphatic carbocycles. The molecule has 0 unspecified atom stereocenters. The summed E-state index contributed by atoms with van der Waals surface area (Å²) in [4.78, 5) is 21.5. The van der Waals surface area contributed by atoms with E-state index in [1.807, 2.05) is 13.8 Å². The molecule has 0 fully saturated rings. The van der Waals surface area contributed by atoms with Crippen LogP contribution in [0.1, 0.15) is 29.8 Å². The summed E-state index contributed by atoms with van der Waals surface area (Å²) < 4.78 is 5.06. The maximum absolute atomic E-state index is 11.1. The molecule has 0 aliphatic heterocycles. The first-order valence-corrected chi connectivity index (χ1v) is 5.97. The molecule has 0 saturated carbocycles. The summed E-state index contributed by atoms with van der Waals surface area (Å²) in [6.07, 6.45) is 0. The Hall–Kier alpha value is -2.15. The average molecular weight is 282 g/mol. The molecule has 110 valence electrons. The summed E-state index contributed by atoms with van der Waals surface area (Å²) >= 11 is 0. The zero-order chi connectivity index (χ0) is 15.5. The van der Waals surface area contributed by atoms with E-state index in [1.165, 1.54) is 6.07 Å². The highest BCUT2D eigenvalue weighted by atomic mass is 16.6. The van der Waals surface area contributed by atoms with Crippen LogP contribution in [0.3, 0.4) is 0 Å². The van der Waals surface area contributed by atoms with Crippen LogP contribution in [0.25, 0.3) is 0 Å². The smallest absolute Gasteiger partial charge is 0.336 e. The Kier molecular flexibility index (Phi) is 4.67. The van der Waals surface area contributed by atoms with E-state index in [4.69, 9.17) is 9.84 Å². The predicted molar refractivity (Wildman–Crippen MR) is 74.4 cm³/mol. The van der Waals surface area contributed by atoms with Gasteiger partial charge in [0.2, 0.25) is 0 Å². The van der Waals surface area contributed by atoms with Gasteiger partial charge in [0.25, 0.3) is 5.69 Å². The largest absolute Gasteiger partial charge is 0.478 e. The van der Waals surface area contributed by atoms with Gasteiger partial charge in [-0.2, -0.15) is 0 Å². The number of carboxylic acid groups (broad SMARTS) is 1. The number of aromatic carboxylic acids is 1. The number of hydrogen-bond acceptors (Lipinski definition) is 5. The fourth-order valence-electron chi connectivity index (χ4n) is 1.90. The number of methoxy groups -OCH3 is 1. The second kappa shape index (κ2) is 5.87. The zero-order valence-corrected chi connectivity index (χ0v) is 11.9. The van der Waals surface area contributed by atoms with Gasteiger partial charge in [-0.15, -0.1) is 0 Å². The number of carbonyl (C=O) groups is 1. The topological polar surface area (TPSA) is 102 Å². The summed E-state index contributed by atoms with van der Waals surface area (Å²) in [6, 6.07) is 2.45. The Labute approximate surface area is 116 Å². The Bertz CT molecular complexity index is 540. The first-order valence-electron chi connectivity index (χ1n) is 5.97. The number of anilines is 1. The monoisotopic (exact) mass is 282 g/mol. The quantitative estimate of drug-likeness (QED) is 0.613. The Balaban J connectivity index is 3.31. The highest BCUT2D eigenvalue weighted by Crippen LogP contribution is 2.29. The SMILES string of the molecule is COCC(C)(C)Nc1cc(C(=O)O)cc([N+](=O)[O-])c1C. The van der Waals surface area contributed by atoms with Gasteiger partial charge in [0.1, 0.15) is 0 Å². The van der Waals surface area contributed by atoms with Crippen LogP contribution >= 0.6 is 0 Å². The fraction of sp³-hybridized carbons (Fsp3) is 0.462. The van der Waals surface area contributed by atoms with Crippen molar-refractivity contribution in [3.05, 3.63) is 33.4 Å².